The Morgan fingerprint density at radius 1 is 1.37 bits per heavy atom. The molecule has 10 heteroatoms. The summed E-state index contributed by atoms with van der Waals surface area (Å²) in [6, 6.07) is 6.73. The molecule has 2 rings (SSSR count). The highest BCUT2D eigenvalue weighted by Gasteiger charge is 2.34. The van der Waals surface area contributed by atoms with Gasteiger partial charge in [-0.1, -0.05) is 24.3 Å². The summed E-state index contributed by atoms with van der Waals surface area (Å²) in [5.41, 5.74) is 6.88. The molecule has 1 aliphatic rings. The van der Waals surface area contributed by atoms with Crippen LogP contribution in [0.3, 0.4) is 0 Å². The predicted octanol–water partition coefficient (Wildman–Crippen LogP) is 1.26. The molecule has 0 aliphatic carbocycles. The number of carboxylic acid groups (broad SMARTS) is 1. The molecule has 0 spiro atoms. The first-order valence-electron chi connectivity index (χ1n) is 8.14. The third-order valence-electron chi connectivity index (χ3n) is 4.19. The van der Waals surface area contributed by atoms with Gasteiger partial charge in [0.2, 0.25) is 5.91 Å². The largest absolute Gasteiger partial charge is 0.481 e. The maximum absolute atomic E-state index is 12.1. The summed E-state index contributed by atoms with van der Waals surface area (Å²) in [4.78, 5) is 35.9. The molecule has 2 atom stereocenters. The molecule has 0 saturated carbocycles. The Balaban J connectivity index is 0.00000364. The van der Waals surface area contributed by atoms with Crippen LogP contribution in [-0.4, -0.2) is 53.5 Å². The van der Waals surface area contributed by atoms with E-state index < -0.39 is 18.2 Å². The van der Waals surface area contributed by atoms with Gasteiger partial charge in [-0.2, -0.15) is 0 Å². The highest BCUT2D eigenvalue weighted by atomic mass is 35.5. The maximum atomic E-state index is 12.1. The molecule has 0 radical (unpaired) electrons. The molecule has 1 aromatic carbocycles. The Kier molecular flexibility index (Phi) is 8.04. The Labute approximate surface area is 162 Å². The highest BCUT2D eigenvalue weighted by molar-refractivity contribution is 5.94. The van der Waals surface area contributed by atoms with Crippen molar-refractivity contribution in [2.45, 2.75) is 31.4 Å². The minimum Gasteiger partial charge on any atom is -0.481 e. The zero-order valence-electron chi connectivity index (χ0n) is 14.8. The first-order valence-corrected chi connectivity index (χ1v) is 8.14. The second-order valence-electron chi connectivity index (χ2n) is 6.10. The SMILES string of the molecule is CN1C(=O)O[C@H](CC(=O)NCCC(=O)O)C[C@H]1c1ccc(C(=N)N)cc1.Cl. The van der Waals surface area contributed by atoms with E-state index in [1.165, 1.54) is 4.90 Å². The van der Waals surface area contributed by atoms with Gasteiger partial charge in [-0.3, -0.25) is 15.0 Å². The van der Waals surface area contributed by atoms with Crippen molar-refractivity contribution in [2.75, 3.05) is 13.6 Å². The van der Waals surface area contributed by atoms with Crippen molar-refractivity contribution in [3.63, 3.8) is 0 Å². The highest BCUT2D eigenvalue weighted by Crippen LogP contribution is 2.31. The molecule has 9 nitrogen and oxygen atoms in total. The summed E-state index contributed by atoms with van der Waals surface area (Å²) >= 11 is 0. The Bertz CT molecular complexity index is 710. The van der Waals surface area contributed by atoms with E-state index in [0.717, 1.165) is 5.56 Å². The van der Waals surface area contributed by atoms with Crippen LogP contribution in [0.25, 0.3) is 0 Å². The number of carboxylic acids is 1. The first kappa shape index (κ1) is 22.2. The van der Waals surface area contributed by atoms with Crippen LogP contribution < -0.4 is 11.1 Å². The number of nitrogens with zero attached hydrogens (tertiary/aromatic N) is 1. The van der Waals surface area contributed by atoms with E-state index in [4.69, 9.17) is 21.0 Å². The summed E-state index contributed by atoms with van der Waals surface area (Å²) in [7, 11) is 1.62. The van der Waals surface area contributed by atoms with Crippen molar-refractivity contribution in [1.29, 1.82) is 5.41 Å². The summed E-state index contributed by atoms with van der Waals surface area (Å²) in [5.74, 6) is -1.40. The van der Waals surface area contributed by atoms with E-state index >= 15 is 0 Å². The molecule has 2 amide bonds. The minimum atomic E-state index is -0.995. The van der Waals surface area contributed by atoms with Crippen LogP contribution in [0.1, 0.15) is 36.4 Å². The number of carbonyl (C=O) groups excluding carboxylic acids is 2. The number of ether oxygens (including phenoxy) is 1. The van der Waals surface area contributed by atoms with E-state index in [0.29, 0.717) is 12.0 Å². The molecule has 1 heterocycles. The molecule has 0 unspecified atom stereocenters. The molecule has 0 bridgehead atoms. The van der Waals surface area contributed by atoms with Crippen LogP contribution in [0.15, 0.2) is 24.3 Å². The molecule has 1 saturated heterocycles. The Morgan fingerprint density at radius 3 is 2.56 bits per heavy atom. The fourth-order valence-electron chi connectivity index (χ4n) is 2.77. The summed E-state index contributed by atoms with van der Waals surface area (Å²) in [5, 5.41) is 18.5. The average molecular weight is 399 g/mol. The molecule has 0 aromatic heterocycles. The van der Waals surface area contributed by atoms with Crippen molar-refractivity contribution < 1.29 is 24.2 Å². The van der Waals surface area contributed by atoms with Gasteiger partial charge in [0, 0.05) is 25.6 Å². The zero-order valence-corrected chi connectivity index (χ0v) is 15.6. The molecule has 1 fully saturated rings. The number of amidine groups is 1. The van der Waals surface area contributed by atoms with Crippen LogP contribution in [-0.2, 0) is 14.3 Å². The van der Waals surface area contributed by atoms with E-state index in [9.17, 15) is 14.4 Å². The number of aliphatic carboxylic acids is 1. The fourth-order valence-corrected chi connectivity index (χ4v) is 2.77. The minimum absolute atomic E-state index is 0. The lowest BCUT2D eigenvalue weighted by Crippen LogP contribution is -2.43. The van der Waals surface area contributed by atoms with Gasteiger partial charge in [-0.05, 0) is 5.56 Å². The average Bonchev–Trinajstić information content (AvgIpc) is 2.57. The van der Waals surface area contributed by atoms with Crippen LogP contribution in [0.5, 0.6) is 0 Å². The third-order valence-corrected chi connectivity index (χ3v) is 4.19. The van der Waals surface area contributed by atoms with Crippen molar-refractivity contribution >= 4 is 36.2 Å². The van der Waals surface area contributed by atoms with Gasteiger partial charge in [0.25, 0.3) is 0 Å². The number of amides is 2. The van der Waals surface area contributed by atoms with E-state index in [2.05, 4.69) is 5.32 Å². The molecule has 1 aromatic rings. The van der Waals surface area contributed by atoms with Crippen LogP contribution in [0.4, 0.5) is 4.79 Å². The molecule has 1 aliphatic heterocycles. The lowest BCUT2D eigenvalue weighted by molar-refractivity contribution is -0.136. The lowest BCUT2D eigenvalue weighted by Gasteiger charge is -2.36. The van der Waals surface area contributed by atoms with Crippen molar-refractivity contribution in [2.24, 2.45) is 5.73 Å². The molecule has 5 N–H and O–H groups in total. The number of nitrogens with one attached hydrogen (secondary N) is 2. The Hall–Kier alpha value is -2.81. The summed E-state index contributed by atoms with van der Waals surface area (Å²) < 4.78 is 5.27. The van der Waals surface area contributed by atoms with Gasteiger partial charge in [-0.15, -0.1) is 12.4 Å². The van der Waals surface area contributed by atoms with Crippen LogP contribution in [0.2, 0.25) is 0 Å². The number of rotatable bonds is 7. The van der Waals surface area contributed by atoms with Crippen LogP contribution >= 0.6 is 12.4 Å². The van der Waals surface area contributed by atoms with Crippen molar-refractivity contribution in [3.05, 3.63) is 35.4 Å². The number of halogens is 1. The molecular weight excluding hydrogens is 376 g/mol. The fraction of sp³-hybridized carbons (Fsp3) is 0.412. The number of cyclic esters (lactones) is 1. The van der Waals surface area contributed by atoms with Crippen LogP contribution in [0, 0.1) is 5.41 Å². The predicted molar refractivity (Wildman–Crippen MR) is 100.0 cm³/mol. The second kappa shape index (κ2) is 9.77. The topological polar surface area (TPSA) is 146 Å². The quantitative estimate of drug-likeness (QED) is 0.401. The summed E-state index contributed by atoms with van der Waals surface area (Å²) in [6.45, 7) is 0.0324. The second-order valence-corrected chi connectivity index (χ2v) is 6.10. The molecular formula is C17H23ClN4O5. The number of nitrogen functional groups attached to an aromatic ring is 1. The number of hydrogen-bond donors (Lipinski definition) is 4. The van der Waals surface area contributed by atoms with E-state index in [1.54, 1.807) is 31.3 Å². The van der Waals surface area contributed by atoms with E-state index in [-0.39, 0.29) is 49.6 Å². The normalized spacial score (nSPS) is 18.9. The number of benzene rings is 1. The first-order chi connectivity index (χ1) is 12.3. The van der Waals surface area contributed by atoms with Gasteiger partial charge < -0.3 is 25.8 Å². The molecule has 148 valence electrons. The van der Waals surface area contributed by atoms with Crippen molar-refractivity contribution in [1.82, 2.24) is 10.2 Å². The molecule has 27 heavy (non-hydrogen) atoms. The van der Waals surface area contributed by atoms with Gasteiger partial charge in [0.15, 0.2) is 0 Å². The monoisotopic (exact) mass is 398 g/mol. The Morgan fingerprint density at radius 2 is 2.00 bits per heavy atom. The number of nitrogens with two attached hydrogens (primary N) is 1. The lowest BCUT2D eigenvalue weighted by atomic mass is 9.95. The maximum Gasteiger partial charge on any atom is 0.410 e. The van der Waals surface area contributed by atoms with Gasteiger partial charge >= 0.3 is 12.1 Å². The number of carbonyl (C=O) groups is 3. The zero-order chi connectivity index (χ0) is 19.3. The van der Waals surface area contributed by atoms with Gasteiger partial charge in [-0.25, -0.2) is 4.79 Å². The van der Waals surface area contributed by atoms with Gasteiger partial charge in [0.05, 0.1) is 18.9 Å². The smallest absolute Gasteiger partial charge is 0.410 e. The third kappa shape index (κ3) is 6.14. The summed E-state index contributed by atoms with van der Waals surface area (Å²) in [6.07, 6.45) is -0.888. The number of hydrogen-bond acceptors (Lipinski definition) is 5. The van der Waals surface area contributed by atoms with E-state index in [1.807, 2.05) is 0 Å². The van der Waals surface area contributed by atoms with Crippen molar-refractivity contribution in [3.8, 4) is 0 Å². The standard InChI is InChI=1S/C17H22N4O5.ClH/c1-21-13(10-2-4-11(5-3-10)16(18)19)8-12(26-17(21)25)9-14(22)20-7-6-15(23)24;/h2-5,12-13H,6-9H2,1H3,(H3,18,19)(H,20,22)(H,23,24);1H/t12-,13-;/m0./s1. The van der Waals surface area contributed by atoms with Gasteiger partial charge in [0.1, 0.15) is 11.9 Å².